The molecule has 0 aromatic heterocycles. The van der Waals surface area contributed by atoms with E-state index in [0.717, 1.165) is 38.5 Å². The van der Waals surface area contributed by atoms with Crippen molar-refractivity contribution in [3.63, 3.8) is 0 Å². The van der Waals surface area contributed by atoms with Gasteiger partial charge in [-0.1, -0.05) is 353 Å². The summed E-state index contributed by atoms with van der Waals surface area (Å²) in [5.74, 6) is -0.0423. The van der Waals surface area contributed by atoms with E-state index >= 15 is 0 Å². The second kappa shape index (κ2) is 67.8. The number of carbonyl (C=O) groups is 2. The summed E-state index contributed by atoms with van der Waals surface area (Å²) in [6, 6.07) is -0.625. The first-order valence-electron chi connectivity index (χ1n) is 35.6. The third kappa shape index (κ3) is 63.5. The first-order valence-corrected chi connectivity index (χ1v) is 35.6. The Morgan fingerprint density at radius 1 is 0.346 bits per heavy atom. The van der Waals surface area contributed by atoms with Crippen LogP contribution in [0.4, 0.5) is 0 Å². The van der Waals surface area contributed by atoms with E-state index in [-0.39, 0.29) is 18.5 Å². The topological polar surface area (TPSA) is 95.9 Å². The SMILES string of the molecule is CCCCCCCCCCCCCCCC/C=C/C(O)C(CO)NC(=O)CCCCCCCCCCCCCCCCCCC/C=C\CCCCCCCCCCCCCCOC(=O)CCCCCCCCCCCCCC. The van der Waals surface area contributed by atoms with Gasteiger partial charge in [0, 0.05) is 12.8 Å². The van der Waals surface area contributed by atoms with Crippen LogP contribution in [0.25, 0.3) is 0 Å². The lowest BCUT2D eigenvalue weighted by molar-refractivity contribution is -0.143. The number of hydrogen-bond acceptors (Lipinski definition) is 5. The quantitative estimate of drug-likeness (QED) is 0.0320. The van der Waals surface area contributed by atoms with Crippen LogP contribution < -0.4 is 5.32 Å². The fourth-order valence-electron chi connectivity index (χ4n) is 11.3. The number of nitrogens with one attached hydrogen (secondary N) is 1. The number of amides is 1. The van der Waals surface area contributed by atoms with Gasteiger partial charge in [-0.25, -0.2) is 0 Å². The van der Waals surface area contributed by atoms with Crippen molar-refractivity contribution in [2.24, 2.45) is 0 Å². The van der Waals surface area contributed by atoms with E-state index in [9.17, 15) is 19.8 Å². The van der Waals surface area contributed by atoms with Crippen molar-refractivity contribution in [1.29, 1.82) is 0 Å². The van der Waals surface area contributed by atoms with Crippen molar-refractivity contribution >= 4 is 11.9 Å². The van der Waals surface area contributed by atoms with E-state index in [1.54, 1.807) is 6.08 Å². The van der Waals surface area contributed by atoms with Crippen molar-refractivity contribution in [2.75, 3.05) is 13.2 Å². The van der Waals surface area contributed by atoms with Crippen LogP contribution in [0.5, 0.6) is 0 Å². The Morgan fingerprint density at radius 3 is 0.910 bits per heavy atom. The lowest BCUT2D eigenvalue weighted by Gasteiger charge is -2.20. The fraction of sp³-hybridized carbons (Fsp3) is 0.917. The molecule has 0 aromatic rings. The molecular weight excluding hydrogens is 959 g/mol. The fourth-order valence-corrected chi connectivity index (χ4v) is 11.3. The molecule has 2 unspecified atom stereocenters. The molecule has 0 saturated carbocycles. The zero-order valence-electron chi connectivity index (χ0n) is 52.9. The van der Waals surface area contributed by atoms with Crippen LogP contribution in [0.15, 0.2) is 24.3 Å². The van der Waals surface area contributed by atoms with Crippen molar-refractivity contribution in [3.05, 3.63) is 24.3 Å². The molecule has 462 valence electrons. The molecule has 0 bridgehead atoms. The van der Waals surface area contributed by atoms with E-state index in [1.165, 1.54) is 334 Å². The molecular formula is C72H139NO5. The zero-order valence-corrected chi connectivity index (χ0v) is 52.9. The number of aliphatic hydroxyl groups is 2. The largest absolute Gasteiger partial charge is 0.466 e. The highest BCUT2D eigenvalue weighted by molar-refractivity contribution is 5.76. The summed E-state index contributed by atoms with van der Waals surface area (Å²) in [7, 11) is 0. The molecule has 78 heavy (non-hydrogen) atoms. The second-order valence-corrected chi connectivity index (χ2v) is 24.6. The maximum Gasteiger partial charge on any atom is 0.305 e. The van der Waals surface area contributed by atoms with Gasteiger partial charge in [0.1, 0.15) is 0 Å². The smallest absolute Gasteiger partial charge is 0.305 e. The summed E-state index contributed by atoms with van der Waals surface area (Å²) in [5.41, 5.74) is 0. The normalized spacial score (nSPS) is 12.6. The van der Waals surface area contributed by atoms with Crippen LogP contribution in [0.3, 0.4) is 0 Å². The third-order valence-corrected chi connectivity index (χ3v) is 16.7. The first-order chi connectivity index (χ1) is 38.5. The van der Waals surface area contributed by atoms with Crippen LogP contribution >= 0.6 is 0 Å². The number of aliphatic hydroxyl groups excluding tert-OH is 2. The van der Waals surface area contributed by atoms with Gasteiger partial charge in [0.25, 0.3) is 0 Å². The number of hydrogen-bond donors (Lipinski definition) is 3. The summed E-state index contributed by atoms with van der Waals surface area (Å²) in [6.07, 6.45) is 85.5. The Balaban J connectivity index is 3.36. The van der Waals surface area contributed by atoms with Crippen LogP contribution in [-0.2, 0) is 14.3 Å². The maximum atomic E-state index is 12.5. The molecule has 2 atom stereocenters. The van der Waals surface area contributed by atoms with Gasteiger partial charge in [0.2, 0.25) is 5.91 Å². The number of esters is 1. The molecule has 6 heteroatoms. The summed E-state index contributed by atoms with van der Waals surface area (Å²) < 4.78 is 5.48. The minimum absolute atomic E-state index is 0.0197. The number of ether oxygens (including phenoxy) is 1. The van der Waals surface area contributed by atoms with E-state index in [2.05, 4.69) is 31.3 Å². The lowest BCUT2D eigenvalue weighted by atomic mass is 10.0. The van der Waals surface area contributed by atoms with Gasteiger partial charge in [0.15, 0.2) is 0 Å². The molecule has 0 aliphatic rings. The number of allylic oxidation sites excluding steroid dienone is 3. The predicted molar refractivity (Wildman–Crippen MR) is 343 cm³/mol. The Labute approximate surface area is 488 Å². The Morgan fingerprint density at radius 2 is 0.603 bits per heavy atom. The molecule has 1 amide bonds. The summed E-state index contributed by atoms with van der Waals surface area (Å²) >= 11 is 0. The van der Waals surface area contributed by atoms with Gasteiger partial charge in [0.05, 0.1) is 25.4 Å². The van der Waals surface area contributed by atoms with Crippen molar-refractivity contribution in [3.8, 4) is 0 Å². The number of carbonyl (C=O) groups excluding carboxylic acids is 2. The number of rotatable bonds is 67. The van der Waals surface area contributed by atoms with Crippen LogP contribution in [0.1, 0.15) is 399 Å². The molecule has 3 N–H and O–H groups in total. The Bertz CT molecular complexity index is 1220. The summed E-state index contributed by atoms with van der Waals surface area (Å²) in [5, 5.41) is 23.2. The van der Waals surface area contributed by atoms with E-state index in [1.807, 2.05) is 6.08 Å². The minimum Gasteiger partial charge on any atom is -0.466 e. The Hall–Kier alpha value is -1.66. The van der Waals surface area contributed by atoms with E-state index in [4.69, 9.17) is 4.74 Å². The lowest BCUT2D eigenvalue weighted by Crippen LogP contribution is -2.45. The second-order valence-electron chi connectivity index (χ2n) is 24.6. The van der Waals surface area contributed by atoms with Gasteiger partial charge in [-0.05, 0) is 57.8 Å². The van der Waals surface area contributed by atoms with Crippen molar-refractivity contribution in [1.82, 2.24) is 5.32 Å². The molecule has 0 rings (SSSR count). The monoisotopic (exact) mass is 1100 g/mol. The highest BCUT2D eigenvalue weighted by Gasteiger charge is 2.18. The van der Waals surface area contributed by atoms with Gasteiger partial charge >= 0.3 is 5.97 Å². The molecule has 0 radical (unpaired) electrons. The zero-order chi connectivity index (χ0) is 56.4. The van der Waals surface area contributed by atoms with E-state index < -0.39 is 12.1 Å². The molecule has 6 nitrogen and oxygen atoms in total. The van der Waals surface area contributed by atoms with Gasteiger partial charge in [-0.3, -0.25) is 9.59 Å². The summed E-state index contributed by atoms with van der Waals surface area (Å²) in [4.78, 5) is 24.5. The Kier molecular flexibility index (Phi) is 66.4. The van der Waals surface area contributed by atoms with Gasteiger partial charge in [-0.2, -0.15) is 0 Å². The molecule has 0 fully saturated rings. The van der Waals surface area contributed by atoms with Crippen molar-refractivity contribution in [2.45, 2.75) is 411 Å². The highest BCUT2D eigenvalue weighted by Crippen LogP contribution is 2.19. The van der Waals surface area contributed by atoms with Crippen LogP contribution in [-0.4, -0.2) is 47.4 Å². The minimum atomic E-state index is -0.842. The summed E-state index contributed by atoms with van der Waals surface area (Å²) in [6.45, 7) is 4.94. The molecule has 0 aliphatic heterocycles. The highest BCUT2D eigenvalue weighted by atomic mass is 16.5. The molecule has 0 aromatic carbocycles. The molecule has 0 spiro atoms. The molecule has 0 saturated heterocycles. The van der Waals surface area contributed by atoms with Crippen LogP contribution in [0, 0.1) is 0 Å². The third-order valence-electron chi connectivity index (χ3n) is 16.7. The first kappa shape index (κ1) is 76.3. The van der Waals surface area contributed by atoms with Gasteiger partial charge in [-0.15, -0.1) is 0 Å². The average molecular weight is 1100 g/mol. The maximum absolute atomic E-state index is 12.5. The average Bonchev–Trinajstić information content (AvgIpc) is 3.44. The standard InChI is InChI=1S/C72H139NO5/c1-3-5-7-9-11-13-15-17-18-38-41-44-48-52-56-60-64-70(75)69(68-74)73-71(76)65-61-57-53-49-45-42-39-36-34-32-30-28-26-24-22-20-19-21-23-25-27-29-31-33-35-37-40-43-47-51-55-59-63-67-78-72(77)66-62-58-54-50-46-16-14-12-10-8-6-4-2/h23,25,60,64,69-70,74-75H,3-22,24,26-59,61-63,65-68H2,1-2H3,(H,73,76)/b25-23-,64-60+. The van der Waals surface area contributed by atoms with Crippen LogP contribution in [0.2, 0.25) is 0 Å². The van der Waals surface area contributed by atoms with Gasteiger partial charge < -0.3 is 20.3 Å². The van der Waals surface area contributed by atoms with Crippen molar-refractivity contribution < 1.29 is 24.5 Å². The molecule has 0 heterocycles. The number of unbranched alkanes of at least 4 members (excludes halogenated alkanes) is 54. The molecule has 0 aliphatic carbocycles. The predicted octanol–water partition coefficient (Wildman–Crippen LogP) is 22.9. The van der Waals surface area contributed by atoms with E-state index in [0.29, 0.717) is 19.4 Å².